The van der Waals surface area contributed by atoms with Gasteiger partial charge < -0.3 is 10.3 Å². The minimum Gasteiger partial charge on any atom is -0.369 e. The maximum Gasteiger partial charge on any atom is 0.300 e. The number of nitrogens with two attached hydrogens (primary N) is 1. The first-order valence-corrected chi connectivity index (χ1v) is 10.1. The molecular formula is C23H17N7O2. The lowest BCUT2D eigenvalue weighted by molar-refractivity contribution is 0.315. The van der Waals surface area contributed by atoms with E-state index in [0.717, 1.165) is 16.5 Å². The average molecular weight is 423 g/mol. The first-order valence-electron chi connectivity index (χ1n) is 10.1. The number of rotatable bonds is 4. The van der Waals surface area contributed by atoms with Gasteiger partial charge in [-0.3, -0.25) is 9.36 Å². The molecule has 0 saturated heterocycles. The van der Waals surface area contributed by atoms with Crippen LogP contribution in [0.2, 0.25) is 0 Å². The fourth-order valence-corrected chi connectivity index (χ4v) is 4.03. The molecule has 3 heterocycles. The molecule has 2 N–H and O–H groups in total. The Morgan fingerprint density at radius 2 is 1.66 bits per heavy atom. The van der Waals surface area contributed by atoms with Gasteiger partial charge in [-0.1, -0.05) is 42.5 Å². The summed E-state index contributed by atoms with van der Waals surface area (Å²) in [7, 11) is 0. The van der Waals surface area contributed by atoms with E-state index in [9.17, 15) is 4.79 Å². The van der Waals surface area contributed by atoms with Gasteiger partial charge in [0, 0.05) is 6.54 Å². The number of benzene rings is 3. The molecule has 3 aromatic carbocycles. The van der Waals surface area contributed by atoms with Gasteiger partial charge in [-0.25, -0.2) is 9.61 Å². The lowest BCUT2D eigenvalue weighted by Gasteiger charge is -2.11. The van der Waals surface area contributed by atoms with Crippen molar-refractivity contribution in [3.63, 3.8) is 0 Å². The van der Waals surface area contributed by atoms with Crippen LogP contribution < -0.4 is 11.3 Å². The van der Waals surface area contributed by atoms with Crippen molar-refractivity contribution in [2.24, 2.45) is 0 Å². The summed E-state index contributed by atoms with van der Waals surface area (Å²) in [5.41, 5.74) is 9.90. The van der Waals surface area contributed by atoms with E-state index in [1.165, 1.54) is 5.39 Å². The van der Waals surface area contributed by atoms with E-state index in [4.69, 9.17) is 10.4 Å². The second-order valence-corrected chi connectivity index (χ2v) is 7.67. The van der Waals surface area contributed by atoms with Crippen LogP contribution in [0.15, 0.2) is 76.4 Å². The summed E-state index contributed by atoms with van der Waals surface area (Å²) < 4.78 is 8.31. The van der Waals surface area contributed by atoms with Gasteiger partial charge in [0.15, 0.2) is 11.2 Å². The highest BCUT2D eigenvalue weighted by atomic mass is 16.6. The van der Waals surface area contributed by atoms with Gasteiger partial charge in [0.1, 0.15) is 11.0 Å². The quantitative estimate of drug-likeness (QED) is 0.463. The van der Waals surface area contributed by atoms with Gasteiger partial charge in [0.25, 0.3) is 0 Å². The predicted octanol–water partition coefficient (Wildman–Crippen LogP) is 2.96. The molecule has 3 aromatic heterocycles. The first kappa shape index (κ1) is 18.3. The van der Waals surface area contributed by atoms with E-state index in [0.29, 0.717) is 35.3 Å². The molecule has 32 heavy (non-hydrogen) atoms. The van der Waals surface area contributed by atoms with Crippen LogP contribution in [0.1, 0.15) is 11.1 Å². The summed E-state index contributed by atoms with van der Waals surface area (Å²) >= 11 is 0. The highest BCUT2D eigenvalue weighted by molar-refractivity contribution is 5.83. The Morgan fingerprint density at radius 3 is 2.56 bits per heavy atom. The minimum atomic E-state index is -0.400. The Kier molecular flexibility index (Phi) is 4.00. The molecule has 0 bridgehead atoms. The molecule has 0 aliphatic heterocycles. The Bertz CT molecular complexity index is 1680. The van der Waals surface area contributed by atoms with Crippen LogP contribution in [-0.4, -0.2) is 29.4 Å². The normalized spacial score (nSPS) is 11.6. The van der Waals surface area contributed by atoms with Crippen molar-refractivity contribution >= 4 is 38.9 Å². The van der Waals surface area contributed by atoms with E-state index in [2.05, 4.69) is 50.6 Å². The number of aromatic nitrogens is 6. The summed E-state index contributed by atoms with van der Waals surface area (Å²) in [5, 5.41) is 10.0. The molecule has 0 aliphatic rings. The van der Waals surface area contributed by atoms with Gasteiger partial charge in [-0.05, 0) is 50.4 Å². The lowest BCUT2D eigenvalue weighted by atomic mass is 10.1. The summed E-state index contributed by atoms with van der Waals surface area (Å²) in [4.78, 5) is 21.3. The number of imidazole rings is 1. The second kappa shape index (κ2) is 7.02. The zero-order chi connectivity index (χ0) is 21.7. The summed E-state index contributed by atoms with van der Waals surface area (Å²) in [5.74, 6) is 0.108. The third-order valence-electron chi connectivity index (χ3n) is 5.59. The van der Waals surface area contributed by atoms with Crippen molar-refractivity contribution in [1.29, 1.82) is 0 Å². The summed E-state index contributed by atoms with van der Waals surface area (Å²) in [6, 6.07) is 20.0. The maximum absolute atomic E-state index is 12.7. The van der Waals surface area contributed by atoms with E-state index in [1.54, 1.807) is 10.9 Å². The molecule has 0 unspecified atom stereocenters. The van der Waals surface area contributed by atoms with E-state index in [1.807, 2.05) is 34.9 Å². The van der Waals surface area contributed by atoms with Crippen LogP contribution in [0, 0.1) is 0 Å². The Balaban J connectivity index is 1.41. The summed E-state index contributed by atoms with van der Waals surface area (Å²) in [6.45, 7) is 0.879. The number of fused-ring (bicyclic) bond motifs is 3. The standard InChI is InChI=1S/C23H17N7O2/c24-23-26-22(31)20-21(30(23)12-15-6-8-18-19(10-15)28-32-27-18)25-13-29(20)11-14-5-7-16-3-1-2-4-17(16)9-14/h1-10,13H,11-12H2,(H2,24,26,31). The van der Waals surface area contributed by atoms with Gasteiger partial charge >= 0.3 is 5.56 Å². The molecule has 9 nitrogen and oxygen atoms in total. The van der Waals surface area contributed by atoms with Crippen LogP contribution >= 0.6 is 0 Å². The third kappa shape index (κ3) is 2.99. The smallest absolute Gasteiger partial charge is 0.300 e. The molecular weight excluding hydrogens is 406 g/mol. The zero-order valence-corrected chi connectivity index (χ0v) is 16.8. The number of nitrogen functional groups attached to an aromatic ring is 1. The molecule has 156 valence electrons. The molecule has 0 fully saturated rings. The number of anilines is 1. The monoisotopic (exact) mass is 423 g/mol. The molecule has 0 aliphatic carbocycles. The van der Waals surface area contributed by atoms with Gasteiger partial charge in [0.05, 0.1) is 12.9 Å². The number of hydrogen-bond donors (Lipinski definition) is 1. The SMILES string of the molecule is Nc1nc(=O)c2c(ncn2Cc2ccc3ccccc3c2)n1Cc1ccc2nonc2c1. The topological polar surface area (TPSA) is 118 Å². The van der Waals surface area contributed by atoms with E-state index < -0.39 is 5.56 Å². The maximum atomic E-state index is 12.7. The molecule has 9 heteroatoms. The zero-order valence-electron chi connectivity index (χ0n) is 16.8. The van der Waals surface area contributed by atoms with Crippen molar-refractivity contribution in [2.45, 2.75) is 13.1 Å². The fraction of sp³-hybridized carbons (Fsp3) is 0.0870. The van der Waals surface area contributed by atoms with Crippen LogP contribution in [0.3, 0.4) is 0 Å². The average Bonchev–Trinajstić information content (AvgIpc) is 3.43. The molecule has 0 radical (unpaired) electrons. The Morgan fingerprint density at radius 1 is 0.875 bits per heavy atom. The van der Waals surface area contributed by atoms with Crippen LogP contribution in [0.5, 0.6) is 0 Å². The van der Waals surface area contributed by atoms with Gasteiger partial charge in [0.2, 0.25) is 5.95 Å². The number of hydrogen-bond acceptors (Lipinski definition) is 7. The van der Waals surface area contributed by atoms with Gasteiger partial charge in [-0.15, -0.1) is 0 Å². The Hall–Kier alpha value is -4.53. The predicted molar refractivity (Wildman–Crippen MR) is 120 cm³/mol. The second-order valence-electron chi connectivity index (χ2n) is 7.67. The third-order valence-corrected chi connectivity index (χ3v) is 5.59. The minimum absolute atomic E-state index is 0.108. The van der Waals surface area contributed by atoms with E-state index in [-0.39, 0.29) is 5.95 Å². The van der Waals surface area contributed by atoms with Crippen LogP contribution in [0.4, 0.5) is 5.95 Å². The molecule has 0 amide bonds. The molecule has 6 rings (SSSR count). The summed E-state index contributed by atoms with van der Waals surface area (Å²) in [6.07, 6.45) is 1.66. The highest BCUT2D eigenvalue weighted by Crippen LogP contribution is 2.20. The lowest BCUT2D eigenvalue weighted by Crippen LogP contribution is -2.20. The van der Waals surface area contributed by atoms with Crippen LogP contribution in [-0.2, 0) is 13.1 Å². The van der Waals surface area contributed by atoms with Crippen molar-refractivity contribution < 1.29 is 4.63 Å². The van der Waals surface area contributed by atoms with Crippen molar-refractivity contribution in [3.8, 4) is 0 Å². The fourth-order valence-electron chi connectivity index (χ4n) is 4.03. The van der Waals surface area contributed by atoms with Crippen molar-refractivity contribution in [1.82, 2.24) is 29.4 Å². The van der Waals surface area contributed by atoms with E-state index >= 15 is 0 Å². The van der Waals surface area contributed by atoms with Crippen molar-refractivity contribution in [3.05, 3.63) is 88.5 Å². The molecule has 0 spiro atoms. The highest BCUT2D eigenvalue weighted by Gasteiger charge is 2.16. The molecule has 0 saturated carbocycles. The van der Waals surface area contributed by atoms with Crippen molar-refractivity contribution in [2.75, 3.05) is 5.73 Å². The van der Waals surface area contributed by atoms with Gasteiger partial charge in [-0.2, -0.15) is 4.98 Å². The molecule has 6 aromatic rings. The van der Waals surface area contributed by atoms with Crippen LogP contribution in [0.25, 0.3) is 33.0 Å². The molecule has 0 atom stereocenters. The largest absolute Gasteiger partial charge is 0.369 e. The Labute approximate surface area is 180 Å². The first-order chi connectivity index (χ1) is 15.7. The number of nitrogens with zero attached hydrogens (tertiary/aromatic N) is 6.